The summed E-state index contributed by atoms with van der Waals surface area (Å²) in [5.74, 6) is 0. The maximum absolute atomic E-state index is 4.43. The highest BCUT2D eigenvalue weighted by Gasteiger charge is 2.16. The van der Waals surface area contributed by atoms with E-state index in [1.807, 2.05) is 6.07 Å². The fourth-order valence-electron chi connectivity index (χ4n) is 1.57. The minimum Gasteiger partial charge on any atom is -0.241 e. The van der Waals surface area contributed by atoms with E-state index in [1.54, 1.807) is 0 Å². The quantitative estimate of drug-likeness (QED) is 0.575. The molecule has 3 heteroatoms. The third-order valence-electron chi connectivity index (χ3n) is 2.52. The molecule has 0 aliphatic carbocycles. The number of hydrogen-bond donors (Lipinski definition) is 0. The van der Waals surface area contributed by atoms with Crippen molar-refractivity contribution in [1.29, 1.82) is 0 Å². The normalized spacial score (nSPS) is 12.0. The minimum atomic E-state index is -1.20. The first-order valence-corrected chi connectivity index (χ1v) is 9.33. The summed E-state index contributed by atoms with van der Waals surface area (Å²) in [7, 11) is -1.20. The second-order valence-corrected chi connectivity index (χ2v) is 10.7. The van der Waals surface area contributed by atoms with Crippen molar-refractivity contribution in [2.75, 3.05) is 0 Å². The summed E-state index contributed by atoms with van der Waals surface area (Å²) in [4.78, 5) is 4.43. The van der Waals surface area contributed by atoms with Gasteiger partial charge in [-0.05, 0) is 28.1 Å². The van der Waals surface area contributed by atoms with Gasteiger partial charge in [-0.25, -0.2) is 4.98 Å². The molecule has 0 bridgehead atoms. The van der Waals surface area contributed by atoms with Crippen molar-refractivity contribution < 1.29 is 0 Å². The van der Waals surface area contributed by atoms with Gasteiger partial charge in [0.25, 0.3) is 0 Å². The predicted molar refractivity (Wildman–Crippen MR) is 72.4 cm³/mol. The van der Waals surface area contributed by atoms with Crippen LogP contribution in [-0.4, -0.2) is 13.1 Å². The van der Waals surface area contributed by atoms with Gasteiger partial charge in [-0.15, -0.1) is 0 Å². The van der Waals surface area contributed by atoms with Crippen LogP contribution in [0.15, 0.2) is 34.9 Å². The fraction of sp³-hybridized carbons (Fsp3) is 0.250. The summed E-state index contributed by atoms with van der Waals surface area (Å²) in [6.45, 7) is 7.08. The molecule has 2 aromatic rings. The van der Waals surface area contributed by atoms with E-state index in [0.717, 1.165) is 10.1 Å². The summed E-state index contributed by atoms with van der Waals surface area (Å²) < 4.78 is 0.899. The number of aromatic nitrogens is 1. The van der Waals surface area contributed by atoms with Gasteiger partial charge < -0.3 is 0 Å². The monoisotopic (exact) mass is 279 g/mol. The Labute approximate surface area is 99.7 Å². The first-order chi connectivity index (χ1) is 6.97. The van der Waals surface area contributed by atoms with Gasteiger partial charge in [0.1, 0.15) is 4.60 Å². The van der Waals surface area contributed by atoms with E-state index in [2.05, 4.69) is 64.8 Å². The molecule has 0 spiro atoms. The molecule has 1 nitrogen and oxygen atoms in total. The summed E-state index contributed by atoms with van der Waals surface area (Å²) in [5, 5.41) is 2.72. The molecule has 1 heterocycles. The molecular formula is C12H14BrNSi. The van der Waals surface area contributed by atoms with E-state index in [1.165, 1.54) is 10.6 Å². The molecule has 1 aromatic heterocycles. The van der Waals surface area contributed by atoms with Crippen LogP contribution in [0.1, 0.15) is 0 Å². The molecule has 0 unspecified atom stereocenters. The van der Waals surface area contributed by atoms with E-state index in [4.69, 9.17) is 0 Å². The van der Waals surface area contributed by atoms with Crippen LogP contribution in [-0.2, 0) is 0 Å². The maximum atomic E-state index is 4.43. The maximum Gasteiger partial charge on any atom is 0.106 e. The van der Waals surface area contributed by atoms with Crippen molar-refractivity contribution in [2.45, 2.75) is 19.6 Å². The van der Waals surface area contributed by atoms with Gasteiger partial charge in [0.15, 0.2) is 0 Å². The molecule has 0 N–H and O–H groups in total. The van der Waals surface area contributed by atoms with Crippen LogP contribution in [0.3, 0.4) is 0 Å². The molecule has 0 saturated carbocycles. The fourth-order valence-corrected chi connectivity index (χ4v) is 3.06. The Morgan fingerprint density at radius 1 is 1.07 bits per heavy atom. The van der Waals surface area contributed by atoms with Crippen LogP contribution in [0.5, 0.6) is 0 Å². The van der Waals surface area contributed by atoms with Crippen LogP contribution in [0, 0.1) is 0 Å². The van der Waals surface area contributed by atoms with Crippen molar-refractivity contribution in [3.63, 3.8) is 0 Å². The molecule has 0 atom stereocenters. The topological polar surface area (TPSA) is 12.9 Å². The molecule has 15 heavy (non-hydrogen) atoms. The van der Waals surface area contributed by atoms with Crippen LogP contribution < -0.4 is 5.19 Å². The summed E-state index contributed by atoms with van der Waals surface area (Å²) >= 11 is 3.39. The van der Waals surface area contributed by atoms with E-state index >= 15 is 0 Å². The lowest BCUT2D eigenvalue weighted by Crippen LogP contribution is -2.37. The molecule has 0 amide bonds. The van der Waals surface area contributed by atoms with Gasteiger partial charge in [0.05, 0.1) is 13.6 Å². The van der Waals surface area contributed by atoms with Gasteiger partial charge in [-0.3, -0.25) is 0 Å². The molecule has 0 aliphatic rings. The van der Waals surface area contributed by atoms with Crippen molar-refractivity contribution in [3.8, 4) is 0 Å². The third kappa shape index (κ3) is 2.29. The number of benzene rings is 1. The Kier molecular flexibility index (Phi) is 2.69. The number of nitrogens with zero attached hydrogens (tertiary/aromatic N) is 1. The molecular weight excluding hydrogens is 266 g/mol. The Bertz CT molecular complexity index is 502. The van der Waals surface area contributed by atoms with Gasteiger partial charge in [0, 0.05) is 5.39 Å². The lowest BCUT2D eigenvalue weighted by Gasteiger charge is -2.16. The zero-order valence-electron chi connectivity index (χ0n) is 9.21. The highest BCUT2D eigenvalue weighted by molar-refractivity contribution is 9.10. The molecule has 78 valence electrons. The highest BCUT2D eigenvalue weighted by Crippen LogP contribution is 2.15. The summed E-state index contributed by atoms with van der Waals surface area (Å²) in [6.07, 6.45) is 0. The Balaban J connectivity index is 2.62. The molecule has 2 rings (SSSR count). The first kappa shape index (κ1) is 10.8. The standard InChI is InChI=1S/C12H14BrNSi/c1-15(2,3)10-5-6-11-9(8-10)4-7-12(13)14-11/h4-8H,1-3H3. The Morgan fingerprint density at radius 3 is 2.47 bits per heavy atom. The van der Waals surface area contributed by atoms with Crippen LogP contribution in [0.2, 0.25) is 19.6 Å². The van der Waals surface area contributed by atoms with Crippen molar-refractivity contribution in [3.05, 3.63) is 34.9 Å². The first-order valence-electron chi connectivity index (χ1n) is 5.03. The van der Waals surface area contributed by atoms with Crippen molar-refractivity contribution in [1.82, 2.24) is 4.98 Å². The lowest BCUT2D eigenvalue weighted by molar-refractivity contribution is 1.35. The van der Waals surface area contributed by atoms with Gasteiger partial charge in [-0.1, -0.05) is 43.0 Å². The van der Waals surface area contributed by atoms with Gasteiger partial charge in [0.2, 0.25) is 0 Å². The SMILES string of the molecule is C[Si](C)(C)c1ccc2nc(Br)ccc2c1. The summed E-state index contributed by atoms with van der Waals surface area (Å²) in [6, 6.07) is 10.7. The number of rotatable bonds is 1. The number of hydrogen-bond acceptors (Lipinski definition) is 1. The molecule has 0 saturated heterocycles. The van der Waals surface area contributed by atoms with E-state index in [0.29, 0.717) is 0 Å². The number of halogens is 1. The zero-order valence-corrected chi connectivity index (χ0v) is 11.8. The molecule has 0 radical (unpaired) electrons. The molecule has 0 fully saturated rings. The third-order valence-corrected chi connectivity index (χ3v) is 5.01. The Hall–Kier alpha value is -0.673. The average Bonchev–Trinajstić information content (AvgIpc) is 2.15. The van der Waals surface area contributed by atoms with Crippen molar-refractivity contribution in [2.24, 2.45) is 0 Å². The minimum absolute atomic E-state index is 0.899. The second-order valence-electron chi connectivity index (χ2n) is 4.79. The Morgan fingerprint density at radius 2 is 1.80 bits per heavy atom. The highest BCUT2D eigenvalue weighted by atomic mass is 79.9. The largest absolute Gasteiger partial charge is 0.241 e. The number of pyridine rings is 1. The molecule has 1 aromatic carbocycles. The average molecular weight is 280 g/mol. The van der Waals surface area contributed by atoms with Crippen molar-refractivity contribution >= 4 is 40.1 Å². The number of fused-ring (bicyclic) bond motifs is 1. The molecule has 0 aliphatic heterocycles. The van der Waals surface area contributed by atoms with Crippen LogP contribution in [0.4, 0.5) is 0 Å². The second kappa shape index (κ2) is 3.72. The predicted octanol–water partition coefficient (Wildman–Crippen LogP) is 3.54. The zero-order chi connectivity index (χ0) is 11.1. The van der Waals surface area contributed by atoms with E-state index in [9.17, 15) is 0 Å². The van der Waals surface area contributed by atoms with Gasteiger partial charge in [-0.2, -0.15) is 0 Å². The smallest absolute Gasteiger partial charge is 0.106 e. The summed E-state index contributed by atoms with van der Waals surface area (Å²) in [5.41, 5.74) is 1.06. The van der Waals surface area contributed by atoms with Crippen LogP contribution >= 0.6 is 15.9 Å². The van der Waals surface area contributed by atoms with E-state index < -0.39 is 8.07 Å². The van der Waals surface area contributed by atoms with Gasteiger partial charge >= 0.3 is 0 Å². The lowest BCUT2D eigenvalue weighted by atomic mass is 10.2. The van der Waals surface area contributed by atoms with Crippen LogP contribution in [0.25, 0.3) is 10.9 Å². The van der Waals surface area contributed by atoms with E-state index in [-0.39, 0.29) is 0 Å².